The van der Waals surface area contributed by atoms with E-state index < -0.39 is 0 Å². The normalized spacial score (nSPS) is 11.3. The molecule has 0 aliphatic carbocycles. The van der Waals surface area contributed by atoms with E-state index in [4.69, 9.17) is 14.2 Å². The predicted octanol–water partition coefficient (Wildman–Crippen LogP) is 6.41. The summed E-state index contributed by atoms with van der Waals surface area (Å²) < 4.78 is 16.4. The van der Waals surface area contributed by atoms with Crippen LogP contribution in [0, 0.1) is 23.7 Å². The van der Waals surface area contributed by atoms with E-state index in [9.17, 15) is 14.4 Å². The summed E-state index contributed by atoms with van der Waals surface area (Å²) in [6.45, 7) is 20.9. The SMILES string of the molecule is CC(C)CCCC(=O)C(C)C.CC(C)CCCOCCOCCOCCCNC(=O)CCCC(=O)C(C)C. The Morgan fingerprint density at radius 1 is 0.526 bits per heavy atom. The molecule has 0 saturated heterocycles. The quantitative estimate of drug-likeness (QED) is 0.141. The van der Waals surface area contributed by atoms with Crippen LogP contribution in [0.15, 0.2) is 0 Å². The molecule has 7 nitrogen and oxygen atoms in total. The van der Waals surface area contributed by atoms with E-state index in [1.165, 1.54) is 12.8 Å². The van der Waals surface area contributed by atoms with E-state index in [0.29, 0.717) is 64.6 Å². The maximum Gasteiger partial charge on any atom is 0.220 e. The molecule has 1 N–H and O–H groups in total. The lowest BCUT2D eigenvalue weighted by molar-refractivity contribution is -0.123. The van der Waals surface area contributed by atoms with Crippen LogP contribution in [0.4, 0.5) is 0 Å². The Hall–Kier alpha value is -1.31. The second-order valence-corrected chi connectivity index (χ2v) is 11.5. The fourth-order valence-corrected chi connectivity index (χ4v) is 3.31. The highest BCUT2D eigenvalue weighted by Crippen LogP contribution is 2.09. The Balaban J connectivity index is 0. The number of carbonyl (C=O) groups is 3. The first kappa shape index (κ1) is 38.8. The van der Waals surface area contributed by atoms with Gasteiger partial charge >= 0.3 is 0 Å². The summed E-state index contributed by atoms with van der Waals surface area (Å²) in [5.74, 6) is 2.37. The van der Waals surface area contributed by atoms with Gasteiger partial charge in [0.05, 0.1) is 26.4 Å². The maximum absolute atomic E-state index is 11.6. The van der Waals surface area contributed by atoms with Crippen molar-refractivity contribution in [3.8, 4) is 0 Å². The largest absolute Gasteiger partial charge is 0.379 e. The van der Waals surface area contributed by atoms with Crippen molar-refractivity contribution >= 4 is 17.5 Å². The highest BCUT2D eigenvalue weighted by molar-refractivity contribution is 5.81. The molecule has 1 amide bonds. The Labute approximate surface area is 234 Å². The number of Topliss-reactive ketones (excluding diaryl/α,β-unsaturated/α-hetero) is 2. The molecule has 0 aliphatic heterocycles. The van der Waals surface area contributed by atoms with E-state index in [1.807, 2.05) is 27.7 Å². The maximum atomic E-state index is 11.6. The number of amides is 1. The number of carbonyl (C=O) groups excluding carboxylic acids is 3. The van der Waals surface area contributed by atoms with E-state index in [2.05, 4.69) is 33.0 Å². The molecule has 0 bridgehead atoms. The van der Waals surface area contributed by atoms with Crippen LogP contribution in [-0.2, 0) is 28.6 Å². The van der Waals surface area contributed by atoms with Gasteiger partial charge in [-0.25, -0.2) is 0 Å². The molecule has 0 spiro atoms. The molecule has 0 fully saturated rings. The van der Waals surface area contributed by atoms with Crippen molar-refractivity contribution < 1.29 is 28.6 Å². The van der Waals surface area contributed by atoms with Gasteiger partial charge in [-0.1, -0.05) is 61.8 Å². The van der Waals surface area contributed by atoms with Crippen molar-refractivity contribution in [2.24, 2.45) is 23.7 Å². The lowest BCUT2D eigenvalue weighted by atomic mass is 10.00. The molecule has 226 valence electrons. The molecule has 0 aliphatic rings. The predicted molar refractivity (Wildman–Crippen MR) is 156 cm³/mol. The minimum absolute atomic E-state index is 0.00304. The summed E-state index contributed by atoms with van der Waals surface area (Å²) in [5.41, 5.74) is 0. The number of rotatable bonds is 24. The van der Waals surface area contributed by atoms with Gasteiger partial charge in [-0.3, -0.25) is 14.4 Å². The van der Waals surface area contributed by atoms with Crippen LogP contribution >= 0.6 is 0 Å². The van der Waals surface area contributed by atoms with Crippen LogP contribution < -0.4 is 5.32 Å². The van der Waals surface area contributed by atoms with Gasteiger partial charge in [-0.05, 0) is 43.9 Å². The van der Waals surface area contributed by atoms with Crippen LogP contribution in [0.5, 0.6) is 0 Å². The molecule has 38 heavy (non-hydrogen) atoms. The van der Waals surface area contributed by atoms with Crippen molar-refractivity contribution in [1.82, 2.24) is 5.32 Å². The van der Waals surface area contributed by atoms with Gasteiger partial charge in [0, 0.05) is 50.9 Å². The third-order valence-corrected chi connectivity index (χ3v) is 5.92. The zero-order valence-corrected chi connectivity index (χ0v) is 26.1. The molecule has 0 aromatic rings. The third-order valence-electron chi connectivity index (χ3n) is 5.92. The summed E-state index contributed by atoms with van der Waals surface area (Å²) in [4.78, 5) is 34.2. The topological polar surface area (TPSA) is 90.9 Å². The monoisotopic (exact) mass is 543 g/mol. The van der Waals surface area contributed by atoms with Crippen LogP contribution in [0.25, 0.3) is 0 Å². The van der Waals surface area contributed by atoms with Crippen LogP contribution in [0.3, 0.4) is 0 Å². The molecule has 0 aromatic heterocycles. The minimum atomic E-state index is 0.00304. The smallest absolute Gasteiger partial charge is 0.220 e. The molecular weight excluding hydrogens is 482 g/mol. The molecule has 0 aromatic carbocycles. The molecule has 7 heteroatoms. The van der Waals surface area contributed by atoms with Gasteiger partial charge in [-0.15, -0.1) is 0 Å². The first-order valence-electron chi connectivity index (χ1n) is 15.0. The Morgan fingerprint density at radius 3 is 1.42 bits per heavy atom. The fraction of sp³-hybridized carbons (Fsp3) is 0.903. The third kappa shape index (κ3) is 30.9. The second kappa shape index (κ2) is 27.3. The standard InChI is InChI=1S/C21H41NO5.C10H20O/c1-18(2)8-6-12-25-14-16-27-17-15-26-13-7-11-22-21(24)10-5-9-20(23)19(3)4;1-8(2)6-5-7-10(11)9(3)4/h18-19H,5-17H2,1-4H3,(H,22,24);8-9H,5-7H2,1-4H3. The second-order valence-electron chi connectivity index (χ2n) is 11.5. The molecule has 0 unspecified atom stereocenters. The first-order valence-corrected chi connectivity index (χ1v) is 15.0. The van der Waals surface area contributed by atoms with Crippen molar-refractivity contribution in [2.45, 2.75) is 113 Å². The summed E-state index contributed by atoms with van der Waals surface area (Å²) in [5, 5.41) is 2.85. The average molecular weight is 544 g/mol. The molecular formula is C31H61NO6. The molecule has 0 rings (SSSR count). The number of nitrogens with one attached hydrogen (secondary N) is 1. The van der Waals surface area contributed by atoms with Gasteiger partial charge < -0.3 is 19.5 Å². The number of hydrogen-bond acceptors (Lipinski definition) is 6. The molecule has 0 atom stereocenters. The fourth-order valence-electron chi connectivity index (χ4n) is 3.31. The highest BCUT2D eigenvalue weighted by atomic mass is 16.5. The molecule has 0 radical (unpaired) electrons. The molecule has 0 saturated carbocycles. The minimum Gasteiger partial charge on any atom is -0.379 e. The van der Waals surface area contributed by atoms with E-state index >= 15 is 0 Å². The average Bonchev–Trinajstić information content (AvgIpc) is 2.83. The summed E-state index contributed by atoms with van der Waals surface area (Å²) in [6.07, 6.45) is 7.61. The zero-order valence-electron chi connectivity index (χ0n) is 26.1. The van der Waals surface area contributed by atoms with Gasteiger partial charge in [0.1, 0.15) is 11.6 Å². The Kier molecular flexibility index (Phi) is 27.9. The van der Waals surface area contributed by atoms with Crippen LogP contribution in [-0.4, -0.2) is 63.7 Å². The summed E-state index contributed by atoms with van der Waals surface area (Å²) in [7, 11) is 0. The van der Waals surface area contributed by atoms with E-state index in [1.54, 1.807) is 0 Å². The lowest BCUT2D eigenvalue weighted by Crippen LogP contribution is -2.25. The zero-order chi connectivity index (χ0) is 29.2. The van der Waals surface area contributed by atoms with Crippen molar-refractivity contribution in [3.05, 3.63) is 0 Å². The first-order chi connectivity index (χ1) is 18.0. The van der Waals surface area contributed by atoms with E-state index in [0.717, 1.165) is 44.1 Å². The number of ketones is 2. The lowest BCUT2D eigenvalue weighted by Gasteiger charge is -2.08. The molecule has 0 heterocycles. The van der Waals surface area contributed by atoms with Crippen molar-refractivity contribution in [1.29, 1.82) is 0 Å². The van der Waals surface area contributed by atoms with E-state index in [-0.39, 0.29) is 23.5 Å². The number of hydrogen-bond donors (Lipinski definition) is 1. The summed E-state index contributed by atoms with van der Waals surface area (Å²) in [6, 6.07) is 0. The van der Waals surface area contributed by atoms with Crippen LogP contribution in [0.1, 0.15) is 113 Å². The van der Waals surface area contributed by atoms with Gasteiger partial charge in [0.2, 0.25) is 5.91 Å². The Bertz CT molecular complexity index is 575. The van der Waals surface area contributed by atoms with Gasteiger partial charge in [-0.2, -0.15) is 0 Å². The van der Waals surface area contributed by atoms with Gasteiger partial charge in [0.15, 0.2) is 0 Å². The summed E-state index contributed by atoms with van der Waals surface area (Å²) >= 11 is 0. The Morgan fingerprint density at radius 2 is 0.947 bits per heavy atom. The van der Waals surface area contributed by atoms with Crippen molar-refractivity contribution in [3.63, 3.8) is 0 Å². The number of ether oxygens (including phenoxy) is 3. The van der Waals surface area contributed by atoms with Crippen LogP contribution in [0.2, 0.25) is 0 Å². The highest BCUT2D eigenvalue weighted by Gasteiger charge is 2.08. The van der Waals surface area contributed by atoms with Gasteiger partial charge in [0.25, 0.3) is 0 Å². The van der Waals surface area contributed by atoms with Crippen molar-refractivity contribution in [2.75, 3.05) is 46.2 Å².